The highest BCUT2D eigenvalue weighted by molar-refractivity contribution is 7.93. The van der Waals surface area contributed by atoms with Crippen LogP contribution < -0.4 is 0 Å². The minimum atomic E-state index is -2.95. The second-order valence-electron chi connectivity index (χ2n) is 1.36. The number of hydrogen-bond donors (Lipinski definition) is 0. The van der Waals surface area contributed by atoms with Crippen molar-refractivity contribution in [2.45, 2.75) is 0 Å². The van der Waals surface area contributed by atoms with Crippen LogP contribution in [0, 0.1) is 0 Å². The van der Waals surface area contributed by atoms with Crippen LogP contribution >= 0.6 is 11.6 Å². The lowest BCUT2D eigenvalue weighted by molar-refractivity contribution is 0.610. The van der Waals surface area contributed by atoms with E-state index in [1.165, 1.54) is 6.08 Å². The van der Waals surface area contributed by atoms with Crippen LogP contribution in [0.2, 0.25) is 0 Å². The van der Waals surface area contributed by atoms with E-state index in [0.717, 1.165) is 11.7 Å². The summed E-state index contributed by atoms with van der Waals surface area (Å²) in [6.07, 6.45) is 2.51. The van der Waals surface area contributed by atoms with E-state index in [4.69, 9.17) is 11.6 Å². The molecule has 2 nitrogen and oxygen atoms in total. The molecule has 0 atom stereocenters. The zero-order valence-electron chi connectivity index (χ0n) is 4.46. The van der Waals surface area contributed by atoms with Gasteiger partial charge in [0.05, 0.1) is 0 Å². The molecular weight excluding hydrogens is 148 g/mol. The predicted octanol–water partition coefficient (Wildman–Crippen LogP) is 0.784. The maximum absolute atomic E-state index is 10.2. The summed E-state index contributed by atoms with van der Waals surface area (Å²) in [6, 6.07) is 0. The van der Waals surface area contributed by atoms with Gasteiger partial charge >= 0.3 is 0 Å². The molecule has 0 bridgehead atoms. The van der Waals surface area contributed by atoms with Crippen molar-refractivity contribution in [1.29, 1.82) is 0 Å². The fraction of sp³-hybridized carbons (Fsp3) is 0.500. The molecule has 0 aromatic rings. The van der Waals surface area contributed by atoms with Crippen LogP contribution in [0.25, 0.3) is 0 Å². The Labute approximate surface area is 54.1 Å². The Morgan fingerprint density at radius 2 is 2.12 bits per heavy atom. The van der Waals surface area contributed by atoms with Crippen LogP contribution in [-0.4, -0.2) is 20.6 Å². The smallest absolute Gasteiger partial charge is 0.168 e. The number of hydrogen-bond acceptors (Lipinski definition) is 2. The van der Waals surface area contributed by atoms with Crippen LogP contribution in [0.15, 0.2) is 11.5 Å². The minimum absolute atomic E-state index is 0.243. The van der Waals surface area contributed by atoms with Gasteiger partial charge in [-0.25, -0.2) is 8.42 Å². The summed E-state index contributed by atoms with van der Waals surface area (Å²) in [5, 5.41) is 1.08. The van der Waals surface area contributed by atoms with Crippen molar-refractivity contribution in [2.24, 2.45) is 0 Å². The van der Waals surface area contributed by atoms with Gasteiger partial charge in [0, 0.05) is 17.5 Å². The molecule has 0 amide bonds. The Kier molecular flexibility index (Phi) is 3.09. The normalized spacial score (nSPS) is 12.8. The van der Waals surface area contributed by atoms with E-state index in [9.17, 15) is 8.42 Å². The topological polar surface area (TPSA) is 34.1 Å². The second-order valence-corrected chi connectivity index (χ2v) is 3.60. The summed E-state index contributed by atoms with van der Waals surface area (Å²) in [5.41, 5.74) is 0. The van der Waals surface area contributed by atoms with Crippen molar-refractivity contribution in [3.63, 3.8) is 0 Å². The minimum Gasteiger partial charge on any atom is -0.225 e. The zero-order chi connectivity index (χ0) is 6.62. The van der Waals surface area contributed by atoms with E-state index < -0.39 is 9.84 Å². The number of allylic oxidation sites excluding steroid dienone is 1. The first-order valence-electron chi connectivity index (χ1n) is 1.99. The fourth-order valence-electron chi connectivity index (χ4n) is 0.211. The van der Waals surface area contributed by atoms with Crippen LogP contribution in [0.1, 0.15) is 0 Å². The molecule has 0 aliphatic carbocycles. The van der Waals surface area contributed by atoms with E-state index >= 15 is 0 Å². The molecule has 0 aromatic heterocycles. The van der Waals surface area contributed by atoms with Gasteiger partial charge in [0.1, 0.15) is 0 Å². The highest BCUT2D eigenvalue weighted by Gasteiger charge is 1.89. The molecule has 0 aliphatic rings. The van der Waals surface area contributed by atoms with Crippen LogP contribution in [-0.2, 0) is 9.84 Å². The molecule has 4 heteroatoms. The SMILES string of the molecule is CS(=O)(=O)C=CCCl. The van der Waals surface area contributed by atoms with Crippen molar-refractivity contribution >= 4 is 21.4 Å². The van der Waals surface area contributed by atoms with Gasteiger partial charge in [0.15, 0.2) is 9.84 Å². The molecule has 0 radical (unpaired) electrons. The molecule has 0 saturated carbocycles. The third-order valence-corrected chi connectivity index (χ3v) is 1.30. The summed E-state index contributed by atoms with van der Waals surface area (Å²) in [5.74, 6) is 0.243. The van der Waals surface area contributed by atoms with Gasteiger partial charge in [-0.1, -0.05) is 6.08 Å². The van der Waals surface area contributed by atoms with Gasteiger partial charge in [-0.2, -0.15) is 0 Å². The fourth-order valence-corrected chi connectivity index (χ4v) is 0.852. The molecule has 0 aromatic carbocycles. The molecule has 0 unspecified atom stereocenters. The Balaban J connectivity index is 3.92. The van der Waals surface area contributed by atoms with Gasteiger partial charge in [0.25, 0.3) is 0 Å². The molecule has 0 aliphatic heterocycles. The molecule has 0 saturated heterocycles. The maximum atomic E-state index is 10.2. The van der Waals surface area contributed by atoms with Gasteiger partial charge in [-0.3, -0.25) is 0 Å². The average Bonchev–Trinajstić information content (AvgIpc) is 1.59. The van der Waals surface area contributed by atoms with E-state index in [2.05, 4.69) is 0 Å². The monoisotopic (exact) mass is 154 g/mol. The molecular formula is C4H7ClO2S. The van der Waals surface area contributed by atoms with Gasteiger partial charge in [-0.05, 0) is 0 Å². The highest BCUT2D eigenvalue weighted by Crippen LogP contribution is 1.85. The van der Waals surface area contributed by atoms with Crippen molar-refractivity contribution < 1.29 is 8.42 Å². The van der Waals surface area contributed by atoms with Crippen molar-refractivity contribution in [1.82, 2.24) is 0 Å². The number of sulfone groups is 1. The lowest BCUT2D eigenvalue weighted by Crippen LogP contribution is -1.87. The number of halogens is 1. The summed E-state index contributed by atoms with van der Waals surface area (Å²) in [7, 11) is -2.95. The van der Waals surface area contributed by atoms with Crippen LogP contribution in [0.5, 0.6) is 0 Å². The standard InChI is InChI=1S/C4H7ClO2S/c1-8(6,7)4-2-3-5/h2,4H,3H2,1H3. The molecule has 0 heterocycles. The maximum Gasteiger partial charge on any atom is 0.168 e. The summed E-state index contributed by atoms with van der Waals surface area (Å²) < 4.78 is 20.5. The average molecular weight is 155 g/mol. The van der Waals surface area contributed by atoms with Crippen molar-refractivity contribution in [3.8, 4) is 0 Å². The third kappa shape index (κ3) is 5.98. The lowest BCUT2D eigenvalue weighted by atomic mass is 10.8. The first kappa shape index (κ1) is 7.98. The molecule has 0 rings (SSSR count). The summed E-state index contributed by atoms with van der Waals surface area (Å²) in [6.45, 7) is 0. The van der Waals surface area contributed by atoms with E-state index in [-0.39, 0.29) is 5.88 Å². The van der Waals surface area contributed by atoms with Crippen LogP contribution in [0.3, 0.4) is 0 Å². The number of rotatable bonds is 2. The zero-order valence-corrected chi connectivity index (χ0v) is 6.04. The van der Waals surface area contributed by atoms with Crippen molar-refractivity contribution in [2.75, 3.05) is 12.1 Å². The van der Waals surface area contributed by atoms with Gasteiger partial charge < -0.3 is 0 Å². The predicted molar refractivity (Wildman–Crippen MR) is 34.7 cm³/mol. The Morgan fingerprint density at radius 3 is 2.25 bits per heavy atom. The first-order chi connectivity index (χ1) is 3.56. The van der Waals surface area contributed by atoms with Gasteiger partial charge in [0.2, 0.25) is 0 Å². The number of alkyl halides is 1. The molecule has 48 valence electrons. The summed E-state index contributed by atoms with van der Waals surface area (Å²) in [4.78, 5) is 0. The molecule has 8 heavy (non-hydrogen) atoms. The molecule has 0 spiro atoms. The Bertz CT molecular complexity index is 168. The third-order valence-electron chi connectivity index (χ3n) is 0.433. The van der Waals surface area contributed by atoms with E-state index in [0.29, 0.717) is 0 Å². The lowest BCUT2D eigenvalue weighted by Gasteiger charge is -1.79. The van der Waals surface area contributed by atoms with E-state index in [1.807, 2.05) is 0 Å². The second kappa shape index (κ2) is 3.10. The van der Waals surface area contributed by atoms with Crippen LogP contribution in [0.4, 0.5) is 0 Å². The highest BCUT2D eigenvalue weighted by atomic mass is 35.5. The van der Waals surface area contributed by atoms with E-state index in [1.54, 1.807) is 0 Å². The Hall–Kier alpha value is -0.0200. The molecule has 0 N–H and O–H groups in total. The quantitative estimate of drug-likeness (QED) is 0.551. The van der Waals surface area contributed by atoms with Crippen molar-refractivity contribution in [3.05, 3.63) is 11.5 Å². The summed E-state index contributed by atoms with van der Waals surface area (Å²) >= 11 is 5.16. The van der Waals surface area contributed by atoms with Gasteiger partial charge in [-0.15, -0.1) is 11.6 Å². The Morgan fingerprint density at radius 1 is 1.62 bits per heavy atom. The molecule has 0 fully saturated rings. The largest absolute Gasteiger partial charge is 0.225 e. The first-order valence-corrected chi connectivity index (χ1v) is 4.48.